The average Bonchev–Trinajstić information content (AvgIpc) is 2.67. The summed E-state index contributed by atoms with van der Waals surface area (Å²) in [5.74, 6) is -0.191. The predicted octanol–water partition coefficient (Wildman–Crippen LogP) is 4.03. The lowest BCUT2D eigenvalue weighted by molar-refractivity contribution is 0.616. The molecular formula is C14H17BrFN3. The number of aryl methyl sites for hydroxylation is 2. The molecule has 0 spiro atoms. The molecule has 3 nitrogen and oxygen atoms in total. The van der Waals surface area contributed by atoms with Crippen LogP contribution in [-0.4, -0.2) is 9.78 Å². The maximum atomic E-state index is 13.5. The summed E-state index contributed by atoms with van der Waals surface area (Å²) < 4.78 is 16.4. The van der Waals surface area contributed by atoms with E-state index in [0.717, 1.165) is 28.1 Å². The van der Waals surface area contributed by atoms with Crippen LogP contribution in [0.3, 0.4) is 0 Å². The van der Waals surface area contributed by atoms with Crippen molar-refractivity contribution in [3.05, 3.63) is 45.4 Å². The van der Waals surface area contributed by atoms with Gasteiger partial charge in [-0.2, -0.15) is 5.10 Å². The van der Waals surface area contributed by atoms with Gasteiger partial charge >= 0.3 is 0 Å². The molecule has 1 N–H and O–H groups in total. The molecule has 0 bridgehead atoms. The number of nitrogens with one attached hydrogen (secondary N) is 1. The third-order valence-corrected chi connectivity index (χ3v) is 4.20. The van der Waals surface area contributed by atoms with E-state index in [2.05, 4.69) is 33.3 Å². The van der Waals surface area contributed by atoms with Gasteiger partial charge in [0.1, 0.15) is 5.82 Å². The summed E-state index contributed by atoms with van der Waals surface area (Å²) in [5, 5.41) is 7.70. The smallest absolute Gasteiger partial charge is 0.128 e. The third-order valence-electron chi connectivity index (χ3n) is 3.17. The van der Waals surface area contributed by atoms with Gasteiger partial charge in [0, 0.05) is 17.8 Å². The molecule has 102 valence electrons. The highest BCUT2D eigenvalue weighted by molar-refractivity contribution is 9.10. The Morgan fingerprint density at radius 3 is 2.79 bits per heavy atom. The van der Waals surface area contributed by atoms with Crippen LogP contribution in [0, 0.1) is 19.7 Å². The van der Waals surface area contributed by atoms with Gasteiger partial charge in [0.25, 0.3) is 0 Å². The van der Waals surface area contributed by atoms with Crippen molar-refractivity contribution >= 4 is 21.6 Å². The van der Waals surface area contributed by atoms with E-state index in [9.17, 15) is 4.39 Å². The summed E-state index contributed by atoms with van der Waals surface area (Å²) in [5.41, 5.74) is 3.49. The van der Waals surface area contributed by atoms with Gasteiger partial charge in [-0.05, 0) is 48.8 Å². The Balaban J connectivity index is 2.21. The monoisotopic (exact) mass is 325 g/mol. The summed E-state index contributed by atoms with van der Waals surface area (Å²) >= 11 is 3.55. The van der Waals surface area contributed by atoms with Crippen LogP contribution in [0.1, 0.15) is 23.9 Å². The topological polar surface area (TPSA) is 29.9 Å². The Hall–Kier alpha value is -1.36. The molecule has 19 heavy (non-hydrogen) atoms. The van der Waals surface area contributed by atoms with Crippen LogP contribution in [0.4, 0.5) is 10.1 Å². The largest absolute Gasteiger partial charge is 0.379 e. The minimum absolute atomic E-state index is 0.191. The van der Waals surface area contributed by atoms with Gasteiger partial charge in [0.2, 0.25) is 0 Å². The van der Waals surface area contributed by atoms with Crippen LogP contribution in [0.25, 0.3) is 0 Å². The van der Waals surface area contributed by atoms with Crippen LogP contribution < -0.4 is 5.32 Å². The number of anilines is 1. The quantitative estimate of drug-likeness (QED) is 0.919. The molecule has 1 heterocycles. The number of aromatic nitrogens is 2. The Kier molecular flexibility index (Phi) is 4.24. The summed E-state index contributed by atoms with van der Waals surface area (Å²) in [6, 6.07) is 5.06. The normalized spacial score (nSPS) is 10.8. The van der Waals surface area contributed by atoms with E-state index in [1.54, 1.807) is 13.0 Å². The average molecular weight is 326 g/mol. The maximum absolute atomic E-state index is 13.5. The first-order chi connectivity index (χ1) is 9.04. The lowest BCUT2D eigenvalue weighted by atomic mass is 10.2. The molecule has 0 aliphatic heterocycles. The van der Waals surface area contributed by atoms with Gasteiger partial charge in [-0.25, -0.2) is 4.39 Å². The molecule has 0 unspecified atom stereocenters. The highest BCUT2D eigenvalue weighted by Crippen LogP contribution is 2.23. The first kappa shape index (κ1) is 14.1. The van der Waals surface area contributed by atoms with Crippen molar-refractivity contribution in [1.29, 1.82) is 0 Å². The number of nitrogens with zero attached hydrogens (tertiary/aromatic N) is 2. The zero-order chi connectivity index (χ0) is 14.0. The third kappa shape index (κ3) is 2.81. The highest BCUT2D eigenvalue weighted by Gasteiger charge is 2.12. The van der Waals surface area contributed by atoms with Crippen molar-refractivity contribution in [3.8, 4) is 0 Å². The second-order valence-electron chi connectivity index (χ2n) is 4.43. The second-order valence-corrected chi connectivity index (χ2v) is 5.22. The number of hydrogen-bond acceptors (Lipinski definition) is 2. The first-order valence-corrected chi connectivity index (χ1v) is 7.04. The second kappa shape index (κ2) is 5.74. The minimum atomic E-state index is -0.191. The van der Waals surface area contributed by atoms with Crippen molar-refractivity contribution in [3.63, 3.8) is 0 Å². The fourth-order valence-corrected chi connectivity index (χ4v) is 2.44. The first-order valence-electron chi connectivity index (χ1n) is 6.25. The van der Waals surface area contributed by atoms with E-state index in [1.165, 1.54) is 6.07 Å². The van der Waals surface area contributed by atoms with E-state index in [4.69, 9.17) is 0 Å². The van der Waals surface area contributed by atoms with E-state index < -0.39 is 0 Å². The minimum Gasteiger partial charge on any atom is -0.379 e. The van der Waals surface area contributed by atoms with Crippen LogP contribution in [0.15, 0.2) is 22.7 Å². The SMILES string of the molecule is CCn1nc(C)c(Br)c1CNc1cccc(F)c1C. The predicted molar refractivity (Wildman–Crippen MR) is 78.8 cm³/mol. The van der Waals surface area contributed by atoms with Gasteiger partial charge < -0.3 is 5.32 Å². The molecule has 0 fully saturated rings. The molecular weight excluding hydrogens is 309 g/mol. The standard InChI is InChI=1S/C14H17BrFN3/c1-4-19-13(14(15)10(3)18-19)8-17-12-7-5-6-11(16)9(12)2/h5-7,17H,4,8H2,1-3H3. The van der Waals surface area contributed by atoms with Gasteiger partial charge in [0.05, 0.1) is 22.4 Å². The summed E-state index contributed by atoms with van der Waals surface area (Å²) in [6.45, 7) is 7.21. The summed E-state index contributed by atoms with van der Waals surface area (Å²) in [7, 11) is 0. The highest BCUT2D eigenvalue weighted by atomic mass is 79.9. The molecule has 1 aromatic heterocycles. The van der Waals surface area contributed by atoms with Crippen molar-refractivity contribution < 1.29 is 4.39 Å². The fourth-order valence-electron chi connectivity index (χ4n) is 2.02. The van der Waals surface area contributed by atoms with Crippen molar-refractivity contribution in [1.82, 2.24) is 9.78 Å². The summed E-state index contributed by atoms with van der Waals surface area (Å²) in [4.78, 5) is 0. The Bertz CT molecular complexity index is 593. The van der Waals surface area contributed by atoms with Crippen LogP contribution in [0.2, 0.25) is 0 Å². The number of hydrogen-bond donors (Lipinski definition) is 1. The molecule has 0 atom stereocenters. The lowest BCUT2D eigenvalue weighted by Crippen LogP contribution is -2.09. The Morgan fingerprint density at radius 1 is 1.37 bits per heavy atom. The van der Waals surface area contributed by atoms with Crippen molar-refractivity contribution in [2.24, 2.45) is 0 Å². The van der Waals surface area contributed by atoms with Gasteiger partial charge in [0.15, 0.2) is 0 Å². The Morgan fingerprint density at radius 2 is 2.11 bits per heavy atom. The molecule has 0 saturated heterocycles. The van der Waals surface area contributed by atoms with Crippen LogP contribution in [-0.2, 0) is 13.1 Å². The number of rotatable bonds is 4. The van der Waals surface area contributed by atoms with Crippen LogP contribution >= 0.6 is 15.9 Å². The molecule has 2 aromatic rings. The van der Waals surface area contributed by atoms with Crippen LogP contribution in [0.5, 0.6) is 0 Å². The van der Waals surface area contributed by atoms with E-state index >= 15 is 0 Å². The molecule has 2 rings (SSSR count). The molecule has 5 heteroatoms. The molecule has 0 aliphatic rings. The van der Waals surface area contributed by atoms with Gasteiger partial charge in [-0.1, -0.05) is 6.07 Å². The van der Waals surface area contributed by atoms with Crippen molar-refractivity contribution in [2.45, 2.75) is 33.9 Å². The lowest BCUT2D eigenvalue weighted by Gasteiger charge is -2.11. The van der Waals surface area contributed by atoms with E-state index in [1.807, 2.05) is 17.7 Å². The summed E-state index contributed by atoms with van der Waals surface area (Å²) in [6.07, 6.45) is 0. The van der Waals surface area contributed by atoms with Crippen molar-refractivity contribution in [2.75, 3.05) is 5.32 Å². The number of halogens is 2. The van der Waals surface area contributed by atoms with Gasteiger partial charge in [-0.3, -0.25) is 4.68 Å². The fraction of sp³-hybridized carbons (Fsp3) is 0.357. The molecule has 0 aliphatic carbocycles. The zero-order valence-corrected chi connectivity index (χ0v) is 12.9. The Labute approximate surface area is 121 Å². The molecule has 0 amide bonds. The molecule has 0 radical (unpaired) electrons. The van der Waals surface area contributed by atoms with E-state index in [0.29, 0.717) is 12.1 Å². The zero-order valence-electron chi connectivity index (χ0n) is 11.3. The van der Waals surface area contributed by atoms with E-state index in [-0.39, 0.29) is 5.82 Å². The molecule has 1 aromatic carbocycles. The maximum Gasteiger partial charge on any atom is 0.128 e. The molecule has 0 saturated carbocycles. The van der Waals surface area contributed by atoms with Gasteiger partial charge in [-0.15, -0.1) is 0 Å². The number of benzene rings is 1.